The fraction of sp³-hybridized carbons (Fsp3) is 0.533. The van der Waals surface area contributed by atoms with Crippen molar-refractivity contribution in [1.82, 2.24) is 0 Å². The molecule has 0 aliphatic rings. The van der Waals surface area contributed by atoms with Gasteiger partial charge in [-0.1, -0.05) is 20.8 Å². The molecule has 0 aromatic heterocycles. The third kappa shape index (κ3) is 5.59. The van der Waals surface area contributed by atoms with Crippen molar-refractivity contribution in [2.24, 2.45) is 11.1 Å². The monoisotopic (exact) mass is 344 g/mol. The fourth-order valence-electron chi connectivity index (χ4n) is 2.08. The number of hydrogen-bond donors (Lipinski definition) is 2. The molecule has 20 heavy (non-hydrogen) atoms. The highest BCUT2D eigenvalue weighted by Crippen LogP contribution is 2.25. The van der Waals surface area contributed by atoms with E-state index in [1.54, 1.807) is 13.0 Å². The van der Waals surface area contributed by atoms with Crippen LogP contribution in [0.25, 0.3) is 0 Å². The Morgan fingerprint density at radius 1 is 1.45 bits per heavy atom. The van der Waals surface area contributed by atoms with Crippen LogP contribution in [0.1, 0.15) is 39.2 Å². The highest BCUT2D eigenvalue weighted by Gasteiger charge is 2.18. The maximum absolute atomic E-state index is 13.3. The second-order valence-corrected chi connectivity index (χ2v) is 7.21. The highest BCUT2D eigenvalue weighted by molar-refractivity contribution is 9.10. The molecule has 1 aromatic carbocycles. The van der Waals surface area contributed by atoms with Crippen LogP contribution in [-0.4, -0.2) is 11.9 Å². The summed E-state index contributed by atoms with van der Waals surface area (Å²) in [5, 5.41) is 2.78. The van der Waals surface area contributed by atoms with Crippen LogP contribution >= 0.6 is 15.9 Å². The van der Waals surface area contributed by atoms with Crippen molar-refractivity contribution < 1.29 is 9.18 Å². The Kier molecular flexibility index (Phi) is 5.71. The number of anilines is 1. The normalized spacial score (nSPS) is 13.2. The quantitative estimate of drug-likeness (QED) is 0.867. The molecule has 0 bridgehead atoms. The smallest absolute Gasteiger partial charge is 0.225 e. The maximum atomic E-state index is 13.3. The molecule has 1 unspecified atom stereocenters. The van der Waals surface area contributed by atoms with E-state index in [9.17, 15) is 9.18 Å². The minimum Gasteiger partial charge on any atom is -0.327 e. The van der Waals surface area contributed by atoms with Crippen molar-refractivity contribution >= 4 is 27.5 Å². The third-order valence-electron chi connectivity index (χ3n) is 2.86. The first-order valence-corrected chi connectivity index (χ1v) is 7.39. The standard InChI is InChI=1S/C15H22BrFN2O/c1-9-5-12(17)11(16)7-13(9)19-14(20)6-10(18)8-15(2,3)4/h5,7,10H,6,8,18H2,1-4H3,(H,19,20). The van der Waals surface area contributed by atoms with Gasteiger partial charge in [-0.25, -0.2) is 4.39 Å². The summed E-state index contributed by atoms with van der Waals surface area (Å²) in [6.07, 6.45) is 1.03. The van der Waals surface area contributed by atoms with Crippen molar-refractivity contribution in [2.45, 2.75) is 46.6 Å². The third-order valence-corrected chi connectivity index (χ3v) is 3.47. The van der Waals surface area contributed by atoms with Gasteiger partial charge >= 0.3 is 0 Å². The number of aryl methyl sites for hydroxylation is 1. The van der Waals surface area contributed by atoms with Crippen LogP contribution in [0.5, 0.6) is 0 Å². The molecule has 1 atom stereocenters. The van der Waals surface area contributed by atoms with Crippen LogP contribution in [0.4, 0.5) is 10.1 Å². The number of rotatable bonds is 4. The minimum absolute atomic E-state index is 0.0918. The number of carbonyl (C=O) groups is 1. The van der Waals surface area contributed by atoms with E-state index in [2.05, 4.69) is 42.0 Å². The molecule has 0 radical (unpaired) electrons. The molecular weight excluding hydrogens is 323 g/mol. The zero-order chi connectivity index (χ0) is 15.5. The summed E-state index contributed by atoms with van der Waals surface area (Å²) >= 11 is 3.11. The lowest BCUT2D eigenvalue weighted by Crippen LogP contribution is -2.31. The Hall–Kier alpha value is -0.940. The number of nitrogens with one attached hydrogen (secondary N) is 1. The molecule has 0 saturated carbocycles. The summed E-state index contributed by atoms with van der Waals surface area (Å²) in [5.41, 5.74) is 7.35. The Balaban J connectivity index is 2.65. The van der Waals surface area contributed by atoms with E-state index < -0.39 is 0 Å². The molecule has 1 amide bonds. The summed E-state index contributed by atoms with van der Waals surface area (Å²) in [6, 6.07) is 2.77. The molecule has 112 valence electrons. The van der Waals surface area contributed by atoms with Crippen LogP contribution in [-0.2, 0) is 4.79 Å². The molecule has 0 heterocycles. The molecule has 3 nitrogen and oxygen atoms in total. The highest BCUT2D eigenvalue weighted by atomic mass is 79.9. The lowest BCUT2D eigenvalue weighted by Gasteiger charge is -2.22. The van der Waals surface area contributed by atoms with E-state index in [0.717, 1.165) is 6.42 Å². The van der Waals surface area contributed by atoms with E-state index in [1.807, 2.05) is 0 Å². The van der Waals surface area contributed by atoms with Gasteiger partial charge in [0.2, 0.25) is 5.91 Å². The fourth-order valence-corrected chi connectivity index (χ4v) is 2.42. The average Bonchev–Trinajstić information content (AvgIpc) is 2.22. The van der Waals surface area contributed by atoms with E-state index in [0.29, 0.717) is 15.7 Å². The number of carbonyl (C=O) groups excluding carboxylic acids is 1. The van der Waals surface area contributed by atoms with Crippen molar-refractivity contribution in [3.05, 3.63) is 28.0 Å². The molecule has 1 aromatic rings. The van der Waals surface area contributed by atoms with E-state index >= 15 is 0 Å². The van der Waals surface area contributed by atoms with Gasteiger partial charge < -0.3 is 11.1 Å². The minimum atomic E-state index is -0.343. The van der Waals surface area contributed by atoms with Crippen LogP contribution < -0.4 is 11.1 Å². The Labute approximate surface area is 128 Å². The lowest BCUT2D eigenvalue weighted by atomic mass is 9.87. The van der Waals surface area contributed by atoms with E-state index in [1.165, 1.54) is 6.07 Å². The first-order valence-electron chi connectivity index (χ1n) is 6.59. The van der Waals surface area contributed by atoms with Gasteiger partial charge in [-0.05, 0) is 52.4 Å². The number of halogens is 2. The summed E-state index contributed by atoms with van der Waals surface area (Å²) in [7, 11) is 0. The van der Waals surface area contributed by atoms with Gasteiger partial charge in [0.05, 0.1) is 4.47 Å². The molecular formula is C15H22BrFN2O. The first-order chi connectivity index (χ1) is 9.08. The van der Waals surface area contributed by atoms with E-state index in [4.69, 9.17) is 5.73 Å². The Bertz CT molecular complexity index is 497. The predicted octanol–water partition coefficient (Wildman–Crippen LogP) is 3.99. The Morgan fingerprint density at radius 2 is 2.05 bits per heavy atom. The van der Waals surface area contributed by atoms with Crippen LogP contribution in [0, 0.1) is 18.2 Å². The van der Waals surface area contributed by atoms with Gasteiger partial charge in [0.1, 0.15) is 5.82 Å². The van der Waals surface area contributed by atoms with Gasteiger partial charge in [-0.2, -0.15) is 0 Å². The van der Waals surface area contributed by atoms with Gasteiger partial charge in [-0.15, -0.1) is 0 Å². The van der Waals surface area contributed by atoms with Crippen molar-refractivity contribution in [3.63, 3.8) is 0 Å². The van der Waals surface area contributed by atoms with Gasteiger partial charge in [0, 0.05) is 18.2 Å². The van der Waals surface area contributed by atoms with Crippen LogP contribution in [0.3, 0.4) is 0 Å². The van der Waals surface area contributed by atoms with Crippen LogP contribution in [0.15, 0.2) is 16.6 Å². The summed E-state index contributed by atoms with van der Waals surface area (Å²) in [4.78, 5) is 12.0. The topological polar surface area (TPSA) is 55.1 Å². The first kappa shape index (κ1) is 17.1. The van der Waals surface area contributed by atoms with Crippen LogP contribution in [0.2, 0.25) is 0 Å². The maximum Gasteiger partial charge on any atom is 0.225 e. The van der Waals surface area contributed by atoms with Gasteiger partial charge in [0.25, 0.3) is 0 Å². The zero-order valence-electron chi connectivity index (χ0n) is 12.4. The van der Waals surface area contributed by atoms with Crippen molar-refractivity contribution in [1.29, 1.82) is 0 Å². The average molecular weight is 345 g/mol. The number of nitrogens with two attached hydrogens (primary N) is 1. The molecule has 0 saturated heterocycles. The molecule has 0 spiro atoms. The molecule has 0 fully saturated rings. The molecule has 5 heteroatoms. The second kappa shape index (κ2) is 6.68. The summed E-state index contributed by atoms with van der Waals surface area (Å²) in [5.74, 6) is -0.492. The molecule has 0 aliphatic heterocycles. The zero-order valence-corrected chi connectivity index (χ0v) is 14.0. The largest absolute Gasteiger partial charge is 0.327 e. The second-order valence-electron chi connectivity index (χ2n) is 6.36. The Morgan fingerprint density at radius 3 is 2.60 bits per heavy atom. The summed E-state index contributed by atoms with van der Waals surface area (Å²) < 4.78 is 13.6. The van der Waals surface area contributed by atoms with E-state index in [-0.39, 0.29) is 29.6 Å². The molecule has 0 aliphatic carbocycles. The number of hydrogen-bond acceptors (Lipinski definition) is 2. The number of amides is 1. The summed E-state index contributed by atoms with van der Waals surface area (Å²) in [6.45, 7) is 8.02. The van der Waals surface area contributed by atoms with Gasteiger partial charge in [0.15, 0.2) is 0 Å². The lowest BCUT2D eigenvalue weighted by molar-refractivity contribution is -0.116. The molecule has 1 rings (SSSR count). The van der Waals surface area contributed by atoms with Gasteiger partial charge in [-0.3, -0.25) is 4.79 Å². The SMILES string of the molecule is Cc1cc(F)c(Br)cc1NC(=O)CC(N)CC(C)(C)C. The van der Waals surface area contributed by atoms with Crippen molar-refractivity contribution in [2.75, 3.05) is 5.32 Å². The molecule has 3 N–H and O–H groups in total. The predicted molar refractivity (Wildman–Crippen MR) is 84.1 cm³/mol. The van der Waals surface area contributed by atoms with Crippen molar-refractivity contribution in [3.8, 4) is 0 Å². The number of benzene rings is 1.